The normalized spacial score (nSPS) is 10.8. The molecular weight excluding hydrogens is 257 g/mol. The maximum Gasteiger partial charge on any atom is 0.128 e. The van der Waals surface area contributed by atoms with Crippen LogP contribution in [0.3, 0.4) is 0 Å². The number of aromatic amines is 1. The summed E-state index contributed by atoms with van der Waals surface area (Å²) in [6, 6.07) is 12.1. The molecule has 0 saturated heterocycles. The van der Waals surface area contributed by atoms with E-state index in [2.05, 4.69) is 4.98 Å². The van der Waals surface area contributed by atoms with Gasteiger partial charge in [-0.3, -0.25) is 0 Å². The lowest BCUT2D eigenvalue weighted by Crippen LogP contribution is -1.90. The highest BCUT2D eigenvalue weighted by molar-refractivity contribution is 5.87. The van der Waals surface area contributed by atoms with E-state index in [0.29, 0.717) is 0 Å². The summed E-state index contributed by atoms with van der Waals surface area (Å²) in [6.45, 7) is 0. The van der Waals surface area contributed by atoms with Gasteiger partial charge in [0.25, 0.3) is 0 Å². The van der Waals surface area contributed by atoms with E-state index in [9.17, 15) is 4.39 Å². The number of rotatable bonds is 3. The molecule has 0 amide bonds. The number of hydrogen-bond donors (Lipinski definition) is 1. The van der Waals surface area contributed by atoms with E-state index >= 15 is 0 Å². The fraction of sp³-hybridized carbons (Fsp3) is 0.125. The van der Waals surface area contributed by atoms with Crippen LogP contribution in [0.4, 0.5) is 4.39 Å². The van der Waals surface area contributed by atoms with Gasteiger partial charge in [0, 0.05) is 16.5 Å². The van der Waals surface area contributed by atoms with Crippen molar-refractivity contribution in [2.45, 2.75) is 0 Å². The van der Waals surface area contributed by atoms with Gasteiger partial charge in [0.1, 0.15) is 17.3 Å². The van der Waals surface area contributed by atoms with Crippen LogP contribution in [-0.2, 0) is 0 Å². The van der Waals surface area contributed by atoms with E-state index < -0.39 is 0 Å². The second-order valence-electron chi connectivity index (χ2n) is 4.48. The fourth-order valence-corrected chi connectivity index (χ4v) is 2.27. The van der Waals surface area contributed by atoms with Crippen LogP contribution in [0.5, 0.6) is 11.5 Å². The Bertz CT molecular complexity index is 764. The van der Waals surface area contributed by atoms with Gasteiger partial charge in [-0.05, 0) is 42.5 Å². The molecule has 1 aromatic heterocycles. The minimum Gasteiger partial charge on any atom is -0.497 e. The van der Waals surface area contributed by atoms with Crippen LogP contribution in [0.15, 0.2) is 42.5 Å². The Morgan fingerprint density at radius 3 is 2.55 bits per heavy atom. The first-order valence-electron chi connectivity index (χ1n) is 6.22. The van der Waals surface area contributed by atoms with Crippen LogP contribution in [0.1, 0.15) is 0 Å². The third-order valence-corrected chi connectivity index (χ3v) is 3.28. The lowest BCUT2D eigenvalue weighted by atomic mass is 10.1. The van der Waals surface area contributed by atoms with Crippen LogP contribution in [0.25, 0.3) is 22.2 Å². The first-order chi connectivity index (χ1) is 9.71. The van der Waals surface area contributed by atoms with E-state index in [0.717, 1.165) is 33.7 Å². The Labute approximate surface area is 116 Å². The summed E-state index contributed by atoms with van der Waals surface area (Å²) in [5.74, 6) is 1.23. The van der Waals surface area contributed by atoms with Crippen molar-refractivity contribution < 1.29 is 13.9 Å². The molecule has 0 unspecified atom stereocenters. The van der Waals surface area contributed by atoms with E-state index in [4.69, 9.17) is 9.47 Å². The van der Waals surface area contributed by atoms with Crippen molar-refractivity contribution in [3.63, 3.8) is 0 Å². The molecule has 0 fully saturated rings. The predicted octanol–water partition coefficient (Wildman–Crippen LogP) is 3.99. The number of nitrogens with one attached hydrogen (secondary N) is 1. The third kappa shape index (κ3) is 2.09. The summed E-state index contributed by atoms with van der Waals surface area (Å²) in [5, 5.41) is 0.824. The Hall–Kier alpha value is -2.49. The van der Waals surface area contributed by atoms with Crippen LogP contribution < -0.4 is 9.47 Å². The Kier molecular flexibility index (Phi) is 3.06. The molecule has 1 N–H and O–H groups in total. The second kappa shape index (κ2) is 4.89. The molecule has 20 heavy (non-hydrogen) atoms. The van der Waals surface area contributed by atoms with Crippen molar-refractivity contribution in [1.29, 1.82) is 0 Å². The number of aromatic nitrogens is 1. The molecule has 0 spiro atoms. The molecule has 0 aliphatic heterocycles. The Balaban J connectivity index is 2.18. The molecule has 1 heterocycles. The van der Waals surface area contributed by atoms with Gasteiger partial charge in [-0.25, -0.2) is 4.39 Å². The smallest absolute Gasteiger partial charge is 0.128 e. The third-order valence-electron chi connectivity index (χ3n) is 3.28. The van der Waals surface area contributed by atoms with Crippen LogP contribution in [0, 0.1) is 5.82 Å². The summed E-state index contributed by atoms with van der Waals surface area (Å²) in [6.07, 6.45) is 0. The van der Waals surface area contributed by atoms with Gasteiger partial charge in [-0.2, -0.15) is 0 Å². The first-order valence-corrected chi connectivity index (χ1v) is 6.22. The number of benzene rings is 2. The second-order valence-corrected chi connectivity index (χ2v) is 4.48. The zero-order valence-electron chi connectivity index (χ0n) is 11.2. The van der Waals surface area contributed by atoms with Crippen molar-refractivity contribution >= 4 is 10.9 Å². The van der Waals surface area contributed by atoms with E-state index in [1.807, 2.05) is 24.3 Å². The highest BCUT2D eigenvalue weighted by atomic mass is 19.1. The lowest BCUT2D eigenvalue weighted by molar-refractivity contribution is 0.404. The largest absolute Gasteiger partial charge is 0.497 e. The maximum absolute atomic E-state index is 13.3. The first kappa shape index (κ1) is 12.5. The van der Waals surface area contributed by atoms with Gasteiger partial charge >= 0.3 is 0 Å². The summed E-state index contributed by atoms with van der Waals surface area (Å²) in [7, 11) is 3.24. The zero-order chi connectivity index (χ0) is 14.1. The molecule has 102 valence electrons. The molecule has 0 aliphatic rings. The van der Waals surface area contributed by atoms with Gasteiger partial charge in [-0.15, -0.1) is 0 Å². The van der Waals surface area contributed by atoms with Crippen molar-refractivity contribution in [3.05, 3.63) is 48.3 Å². The number of fused-ring (bicyclic) bond motifs is 1. The van der Waals surface area contributed by atoms with Crippen molar-refractivity contribution in [3.8, 4) is 22.8 Å². The van der Waals surface area contributed by atoms with Crippen LogP contribution in [-0.4, -0.2) is 19.2 Å². The van der Waals surface area contributed by atoms with Crippen LogP contribution >= 0.6 is 0 Å². The van der Waals surface area contributed by atoms with E-state index in [1.54, 1.807) is 20.3 Å². The minimum atomic E-state index is -0.249. The monoisotopic (exact) mass is 271 g/mol. The molecular formula is C16H14FNO2. The SMILES string of the molecule is COc1ccc(OC)c(-c2cc3cc(F)ccc3[nH]2)c1. The number of H-pyrrole nitrogens is 1. The maximum atomic E-state index is 13.3. The molecule has 3 aromatic rings. The van der Waals surface area contributed by atoms with Gasteiger partial charge in [0.15, 0.2) is 0 Å². The van der Waals surface area contributed by atoms with Gasteiger partial charge in [-0.1, -0.05) is 0 Å². The van der Waals surface area contributed by atoms with Gasteiger partial charge < -0.3 is 14.5 Å². The number of halogens is 1. The van der Waals surface area contributed by atoms with E-state index in [1.165, 1.54) is 12.1 Å². The van der Waals surface area contributed by atoms with Crippen molar-refractivity contribution in [2.24, 2.45) is 0 Å². The summed E-state index contributed by atoms with van der Waals surface area (Å²) >= 11 is 0. The molecule has 4 heteroatoms. The molecule has 3 rings (SSSR count). The Morgan fingerprint density at radius 2 is 1.80 bits per heavy atom. The highest BCUT2D eigenvalue weighted by Gasteiger charge is 2.10. The number of hydrogen-bond acceptors (Lipinski definition) is 2. The topological polar surface area (TPSA) is 34.2 Å². The molecule has 0 atom stereocenters. The van der Waals surface area contributed by atoms with E-state index in [-0.39, 0.29) is 5.82 Å². The zero-order valence-corrected chi connectivity index (χ0v) is 11.2. The highest BCUT2D eigenvalue weighted by Crippen LogP contribution is 2.34. The molecule has 0 saturated carbocycles. The fourth-order valence-electron chi connectivity index (χ4n) is 2.27. The molecule has 3 nitrogen and oxygen atoms in total. The van der Waals surface area contributed by atoms with Gasteiger partial charge in [0.05, 0.1) is 19.9 Å². The summed E-state index contributed by atoms with van der Waals surface area (Å²) in [4.78, 5) is 3.26. The number of methoxy groups -OCH3 is 2. The molecule has 0 aliphatic carbocycles. The Morgan fingerprint density at radius 1 is 0.950 bits per heavy atom. The predicted molar refractivity (Wildman–Crippen MR) is 76.8 cm³/mol. The molecule has 2 aromatic carbocycles. The summed E-state index contributed by atoms with van der Waals surface area (Å²) < 4.78 is 23.9. The van der Waals surface area contributed by atoms with Gasteiger partial charge in [0.2, 0.25) is 0 Å². The average molecular weight is 271 g/mol. The van der Waals surface area contributed by atoms with Crippen molar-refractivity contribution in [2.75, 3.05) is 14.2 Å². The minimum absolute atomic E-state index is 0.249. The van der Waals surface area contributed by atoms with Crippen molar-refractivity contribution in [1.82, 2.24) is 4.98 Å². The summed E-state index contributed by atoms with van der Waals surface area (Å²) in [5.41, 5.74) is 2.62. The average Bonchev–Trinajstić information content (AvgIpc) is 2.89. The number of ether oxygens (including phenoxy) is 2. The van der Waals surface area contributed by atoms with Crippen LogP contribution in [0.2, 0.25) is 0 Å². The lowest BCUT2D eigenvalue weighted by Gasteiger charge is -2.09. The standard InChI is InChI=1S/C16H14FNO2/c1-19-12-4-6-16(20-2)13(9-12)15-8-10-7-11(17)3-5-14(10)18-15/h3-9,18H,1-2H3. The molecule has 0 bridgehead atoms. The quantitative estimate of drug-likeness (QED) is 0.781. The molecule has 0 radical (unpaired) electrons.